The van der Waals surface area contributed by atoms with E-state index in [0.29, 0.717) is 12.8 Å². The Kier molecular flexibility index (Phi) is 6.52. The van der Waals surface area contributed by atoms with Gasteiger partial charge in [-0.1, -0.05) is 39.3 Å². The van der Waals surface area contributed by atoms with E-state index in [1.165, 1.54) is 5.56 Å². The minimum atomic E-state index is -0.699. The Morgan fingerprint density at radius 1 is 1.15 bits per heavy atom. The van der Waals surface area contributed by atoms with Crippen molar-refractivity contribution in [2.45, 2.75) is 46.5 Å². The van der Waals surface area contributed by atoms with Crippen molar-refractivity contribution >= 4 is 11.6 Å². The normalized spacial score (nSPS) is 11.2. The molecule has 0 aliphatic rings. The summed E-state index contributed by atoms with van der Waals surface area (Å²) in [6.07, 6.45) is 3.41. The SMILES string of the molecule is CCCc1ccc(NNC(=O)C(CC)(CC)CO)cc1. The lowest BCUT2D eigenvalue weighted by molar-refractivity contribution is -0.133. The molecule has 1 aromatic rings. The average Bonchev–Trinajstić information content (AvgIpc) is 2.49. The van der Waals surface area contributed by atoms with E-state index in [9.17, 15) is 9.90 Å². The van der Waals surface area contributed by atoms with Gasteiger partial charge in [0.15, 0.2) is 0 Å². The van der Waals surface area contributed by atoms with Gasteiger partial charge in [-0.25, -0.2) is 0 Å². The summed E-state index contributed by atoms with van der Waals surface area (Å²) in [5, 5.41) is 9.45. The second kappa shape index (κ2) is 7.90. The Morgan fingerprint density at radius 3 is 2.20 bits per heavy atom. The van der Waals surface area contributed by atoms with Crippen molar-refractivity contribution in [2.75, 3.05) is 12.0 Å². The van der Waals surface area contributed by atoms with E-state index in [-0.39, 0.29) is 12.5 Å². The predicted octanol–water partition coefficient (Wildman–Crippen LogP) is 2.88. The van der Waals surface area contributed by atoms with E-state index in [1.54, 1.807) is 0 Å². The van der Waals surface area contributed by atoms with E-state index in [0.717, 1.165) is 18.5 Å². The fraction of sp³-hybridized carbons (Fsp3) is 0.562. The van der Waals surface area contributed by atoms with Gasteiger partial charge < -0.3 is 5.11 Å². The molecule has 0 spiro atoms. The van der Waals surface area contributed by atoms with Gasteiger partial charge in [-0.2, -0.15) is 0 Å². The number of carbonyl (C=O) groups excluding carboxylic acids is 1. The van der Waals surface area contributed by atoms with Crippen LogP contribution in [0.25, 0.3) is 0 Å². The number of hydrazine groups is 1. The van der Waals surface area contributed by atoms with Gasteiger partial charge in [0.25, 0.3) is 0 Å². The standard InChI is InChI=1S/C16H26N2O2/c1-4-7-13-8-10-14(11-9-13)17-18-15(20)16(5-2,6-3)12-19/h8-11,17,19H,4-7,12H2,1-3H3,(H,18,20). The summed E-state index contributed by atoms with van der Waals surface area (Å²) < 4.78 is 0. The molecule has 0 aliphatic carbocycles. The molecule has 1 amide bonds. The number of aryl methyl sites for hydroxylation is 1. The fourth-order valence-electron chi connectivity index (χ4n) is 2.17. The van der Waals surface area contributed by atoms with Crippen LogP contribution in [0.5, 0.6) is 0 Å². The number of rotatable bonds is 8. The molecule has 1 rings (SSSR count). The molecule has 0 radical (unpaired) electrons. The van der Waals surface area contributed by atoms with Crippen LogP contribution in [-0.2, 0) is 11.2 Å². The molecule has 0 unspecified atom stereocenters. The predicted molar refractivity (Wildman–Crippen MR) is 82.3 cm³/mol. The second-order valence-corrected chi connectivity index (χ2v) is 5.17. The summed E-state index contributed by atoms with van der Waals surface area (Å²) >= 11 is 0. The van der Waals surface area contributed by atoms with Crippen LogP contribution in [0.4, 0.5) is 5.69 Å². The van der Waals surface area contributed by atoms with Gasteiger partial charge in [0, 0.05) is 0 Å². The molecule has 4 nitrogen and oxygen atoms in total. The lowest BCUT2D eigenvalue weighted by atomic mass is 9.82. The van der Waals surface area contributed by atoms with Gasteiger partial charge in [0.2, 0.25) is 5.91 Å². The topological polar surface area (TPSA) is 61.4 Å². The lowest BCUT2D eigenvalue weighted by Gasteiger charge is -2.28. The Labute approximate surface area is 121 Å². The summed E-state index contributed by atoms with van der Waals surface area (Å²) in [4.78, 5) is 12.2. The summed E-state index contributed by atoms with van der Waals surface area (Å²) in [7, 11) is 0. The first-order valence-electron chi connectivity index (χ1n) is 7.38. The molecule has 4 heteroatoms. The molecule has 1 aromatic carbocycles. The van der Waals surface area contributed by atoms with Crippen LogP contribution in [0.1, 0.15) is 45.6 Å². The molecule has 0 fully saturated rings. The van der Waals surface area contributed by atoms with Crippen LogP contribution >= 0.6 is 0 Å². The number of hydrogen-bond acceptors (Lipinski definition) is 3. The highest BCUT2D eigenvalue weighted by Gasteiger charge is 2.34. The summed E-state index contributed by atoms with van der Waals surface area (Å²) in [5.41, 5.74) is 7.04. The Morgan fingerprint density at radius 2 is 1.75 bits per heavy atom. The maximum absolute atomic E-state index is 12.2. The Balaban J connectivity index is 2.60. The zero-order valence-electron chi connectivity index (χ0n) is 12.7. The highest BCUT2D eigenvalue weighted by atomic mass is 16.3. The van der Waals surface area contributed by atoms with E-state index in [1.807, 2.05) is 26.0 Å². The summed E-state index contributed by atoms with van der Waals surface area (Å²) in [6, 6.07) is 8.00. The summed E-state index contributed by atoms with van der Waals surface area (Å²) in [5.74, 6) is -0.164. The molecule has 0 aromatic heterocycles. The first-order valence-corrected chi connectivity index (χ1v) is 7.38. The van der Waals surface area contributed by atoms with E-state index < -0.39 is 5.41 Å². The van der Waals surface area contributed by atoms with Crippen molar-refractivity contribution < 1.29 is 9.90 Å². The van der Waals surface area contributed by atoms with Crippen LogP contribution < -0.4 is 10.9 Å². The van der Waals surface area contributed by atoms with Crippen molar-refractivity contribution in [3.8, 4) is 0 Å². The zero-order chi connectivity index (χ0) is 15.0. The third kappa shape index (κ3) is 3.97. The van der Waals surface area contributed by atoms with Crippen molar-refractivity contribution in [1.82, 2.24) is 5.43 Å². The van der Waals surface area contributed by atoms with Crippen LogP contribution in [0.15, 0.2) is 24.3 Å². The molecule has 3 N–H and O–H groups in total. The third-order valence-corrected chi connectivity index (χ3v) is 3.95. The molecule has 0 bridgehead atoms. The molecule has 20 heavy (non-hydrogen) atoms. The lowest BCUT2D eigenvalue weighted by Crippen LogP contribution is -2.45. The largest absolute Gasteiger partial charge is 0.395 e. The number of anilines is 1. The summed E-state index contributed by atoms with van der Waals surface area (Å²) in [6.45, 7) is 5.84. The Bertz CT molecular complexity index is 403. The number of carbonyl (C=O) groups is 1. The molecule has 0 atom stereocenters. The molecule has 0 heterocycles. The van der Waals surface area contributed by atoms with Gasteiger partial charge in [-0.3, -0.25) is 15.6 Å². The molecule has 0 saturated heterocycles. The first-order chi connectivity index (χ1) is 9.61. The second-order valence-electron chi connectivity index (χ2n) is 5.17. The van der Waals surface area contributed by atoms with Crippen molar-refractivity contribution in [1.29, 1.82) is 0 Å². The van der Waals surface area contributed by atoms with Gasteiger partial charge >= 0.3 is 0 Å². The number of aliphatic hydroxyl groups excluding tert-OH is 1. The van der Waals surface area contributed by atoms with Crippen LogP contribution in [-0.4, -0.2) is 17.6 Å². The van der Waals surface area contributed by atoms with Crippen LogP contribution in [0.3, 0.4) is 0 Å². The zero-order valence-corrected chi connectivity index (χ0v) is 12.7. The van der Waals surface area contributed by atoms with Crippen LogP contribution in [0, 0.1) is 5.41 Å². The van der Waals surface area contributed by atoms with Crippen molar-refractivity contribution in [2.24, 2.45) is 5.41 Å². The third-order valence-electron chi connectivity index (χ3n) is 3.95. The Hall–Kier alpha value is -1.55. The maximum atomic E-state index is 12.2. The molecular weight excluding hydrogens is 252 g/mol. The minimum absolute atomic E-state index is 0.136. The molecular formula is C16H26N2O2. The highest BCUT2D eigenvalue weighted by Crippen LogP contribution is 2.25. The highest BCUT2D eigenvalue weighted by molar-refractivity contribution is 5.83. The van der Waals surface area contributed by atoms with Crippen molar-refractivity contribution in [3.05, 3.63) is 29.8 Å². The number of hydrogen-bond donors (Lipinski definition) is 3. The first kappa shape index (κ1) is 16.5. The van der Waals surface area contributed by atoms with Gasteiger partial charge in [0.1, 0.15) is 0 Å². The fourth-order valence-corrected chi connectivity index (χ4v) is 2.17. The molecule has 112 valence electrons. The monoisotopic (exact) mass is 278 g/mol. The number of benzene rings is 1. The average molecular weight is 278 g/mol. The quantitative estimate of drug-likeness (QED) is 0.641. The van der Waals surface area contributed by atoms with Gasteiger partial charge in [-0.15, -0.1) is 0 Å². The number of amides is 1. The van der Waals surface area contributed by atoms with Crippen LogP contribution in [0.2, 0.25) is 0 Å². The number of aliphatic hydroxyl groups is 1. The van der Waals surface area contributed by atoms with Gasteiger partial charge in [-0.05, 0) is 37.0 Å². The maximum Gasteiger partial charge on any atom is 0.246 e. The van der Waals surface area contributed by atoms with E-state index >= 15 is 0 Å². The molecule has 0 aliphatic heterocycles. The van der Waals surface area contributed by atoms with Gasteiger partial charge in [0.05, 0.1) is 17.7 Å². The smallest absolute Gasteiger partial charge is 0.246 e. The minimum Gasteiger partial charge on any atom is -0.395 e. The molecule has 0 saturated carbocycles. The van der Waals surface area contributed by atoms with E-state index in [2.05, 4.69) is 29.9 Å². The van der Waals surface area contributed by atoms with Crippen molar-refractivity contribution in [3.63, 3.8) is 0 Å². The number of nitrogens with one attached hydrogen (secondary N) is 2. The van der Waals surface area contributed by atoms with E-state index in [4.69, 9.17) is 0 Å².